The third kappa shape index (κ3) is 6.63. The Morgan fingerprint density at radius 3 is 2.66 bits per heavy atom. The van der Waals surface area contributed by atoms with Gasteiger partial charge in [0.1, 0.15) is 16.5 Å². The van der Waals surface area contributed by atoms with Gasteiger partial charge in [-0.15, -0.1) is 11.3 Å². The number of nitrogens with zero attached hydrogens (tertiary/aromatic N) is 1. The summed E-state index contributed by atoms with van der Waals surface area (Å²) in [4.78, 5) is 31.7. The molecule has 0 bridgehead atoms. The van der Waals surface area contributed by atoms with E-state index in [1.165, 1.54) is 4.88 Å². The standard InChI is InChI=1S/C33H33ClN2O4S/c1-5-39-32(38)21-8-6-7-20(17-21)27-16-14-25(40-27)19-35-31-29(30(37)36-24-12-10-23(34)11-13-24)26-15-9-22(33(2,3)4)18-28(26)41-31/h6-8,10-14,16-17,19,22H,5,9,15,18H2,1-4H3,(H,36,37)/t22-/m1/s1. The Hall–Kier alpha value is -3.68. The maximum Gasteiger partial charge on any atom is 0.338 e. The molecule has 1 N–H and O–H groups in total. The summed E-state index contributed by atoms with van der Waals surface area (Å²) in [7, 11) is 0. The monoisotopic (exact) mass is 588 g/mol. The number of anilines is 1. The second kappa shape index (κ2) is 12.0. The molecule has 0 fully saturated rings. The van der Waals surface area contributed by atoms with Gasteiger partial charge in [0, 0.05) is 21.2 Å². The van der Waals surface area contributed by atoms with Crippen molar-refractivity contribution < 1.29 is 18.7 Å². The van der Waals surface area contributed by atoms with Crippen LogP contribution in [0, 0.1) is 11.3 Å². The van der Waals surface area contributed by atoms with Gasteiger partial charge in [0.25, 0.3) is 5.91 Å². The van der Waals surface area contributed by atoms with Crippen LogP contribution in [0.3, 0.4) is 0 Å². The number of ether oxygens (including phenoxy) is 1. The molecule has 0 radical (unpaired) electrons. The lowest BCUT2D eigenvalue weighted by atomic mass is 9.72. The van der Waals surface area contributed by atoms with Crippen LogP contribution in [-0.4, -0.2) is 24.7 Å². The smallest absolute Gasteiger partial charge is 0.338 e. The molecule has 212 valence electrons. The number of thiophene rings is 1. The van der Waals surface area contributed by atoms with Crippen molar-refractivity contribution in [3.05, 3.63) is 93.0 Å². The van der Waals surface area contributed by atoms with E-state index in [1.54, 1.807) is 66.9 Å². The first-order chi connectivity index (χ1) is 19.6. The van der Waals surface area contributed by atoms with Crippen molar-refractivity contribution in [3.63, 3.8) is 0 Å². The highest BCUT2D eigenvalue weighted by Crippen LogP contribution is 2.45. The molecule has 2 heterocycles. The van der Waals surface area contributed by atoms with Crippen LogP contribution in [-0.2, 0) is 17.6 Å². The van der Waals surface area contributed by atoms with Crippen LogP contribution in [0.1, 0.15) is 71.0 Å². The number of benzene rings is 2. The molecule has 41 heavy (non-hydrogen) atoms. The molecule has 1 amide bonds. The number of fused-ring (bicyclic) bond motifs is 1. The van der Waals surface area contributed by atoms with Crippen molar-refractivity contribution in [2.45, 2.75) is 47.0 Å². The molecule has 0 aliphatic heterocycles. The average molecular weight is 589 g/mol. The van der Waals surface area contributed by atoms with E-state index in [9.17, 15) is 9.59 Å². The first-order valence-electron chi connectivity index (χ1n) is 13.7. The summed E-state index contributed by atoms with van der Waals surface area (Å²) in [5.74, 6) is 1.14. The molecule has 1 atom stereocenters. The van der Waals surface area contributed by atoms with E-state index in [1.807, 2.05) is 18.2 Å². The van der Waals surface area contributed by atoms with E-state index in [0.29, 0.717) is 50.9 Å². The molecule has 0 spiro atoms. The van der Waals surface area contributed by atoms with Gasteiger partial charge in [-0.2, -0.15) is 0 Å². The molecule has 4 aromatic rings. The van der Waals surface area contributed by atoms with Crippen LogP contribution in [0.5, 0.6) is 0 Å². The summed E-state index contributed by atoms with van der Waals surface area (Å²) in [6.07, 6.45) is 4.45. The van der Waals surface area contributed by atoms with Gasteiger partial charge in [0.15, 0.2) is 0 Å². The van der Waals surface area contributed by atoms with Crippen molar-refractivity contribution in [1.29, 1.82) is 0 Å². The van der Waals surface area contributed by atoms with Gasteiger partial charge >= 0.3 is 5.97 Å². The van der Waals surface area contributed by atoms with Crippen LogP contribution in [0.2, 0.25) is 5.02 Å². The lowest BCUT2D eigenvalue weighted by molar-refractivity contribution is 0.0526. The van der Waals surface area contributed by atoms with Crippen molar-refractivity contribution in [3.8, 4) is 11.3 Å². The number of carbonyl (C=O) groups is 2. The first kappa shape index (κ1) is 28.8. The van der Waals surface area contributed by atoms with E-state index in [0.717, 1.165) is 30.4 Å². The van der Waals surface area contributed by atoms with Gasteiger partial charge in [0.05, 0.1) is 23.9 Å². The summed E-state index contributed by atoms with van der Waals surface area (Å²) < 4.78 is 11.2. The second-order valence-corrected chi connectivity index (χ2v) is 12.7. The minimum Gasteiger partial charge on any atom is -0.462 e. The minimum absolute atomic E-state index is 0.179. The highest BCUT2D eigenvalue weighted by Gasteiger charge is 2.33. The summed E-state index contributed by atoms with van der Waals surface area (Å²) in [5, 5.41) is 4.30. The molecule has 0 saturated carbocycles. The van der Waals surface area contributed by atoms with Crippen LogP contribution in [0.15, 0.2) is 70.1 Å². The summed E-state index contributed by atoms with van der Waals surface area (Å²) >= 11 is 7.62. The Kier molecular flexibility index (Phi) is 8.47. The van der Waals surface area contributed by atoms with Gasteiger partial charge in [-0.3, -0.25) is 4.79 Å². The quantitative estimate of drug-likeness (QED) is 0.172. The van der Waals surface area contributed by atoms with E-state index < -0.39 is 0 Å². The van der Waals surface area contributed by atoms with Crippen LogP contribution < -0.4 is 5.32 Å². The van der Waals surface area contributed by atoms with Crippen LogP contribution >= 0.6 is 22.9 Å². The van der Waals surface area contributed by atoms with Crippen molar-refractivity contribution in [2.75, 3.05) is 11.9 Å². The van der Waals surface area contributed by atoms with Crippen LogP contribution in [0.25, 0.3) is 11.3 Å². The van der Waals surface area contributed by atoms with Gasteiger partial charge in [-0.25, -0.2) is 9.79 Å². The fourth-order valence-corrected chi connectivity index (χ4v) is 6.47. The number of rotatable bonds is 7. The van der Waals surface area contributed by atoms with Gasteiger partial charge < -0.3 is 14.5 Å². The molecule has 0 saturated heterocycles. The zero-order valence-electron chi connectivity index (χ0n) is 23.6. The Labute approximate surface area is 249 Å². The summed E-state index contributed by atoms with van der Waals surface area (Å²) in [5.41, 5.74) is 3.80. The van der Waals surface area contributed by atoms with Gasteiger partial charge in [-0.05, 0) is 91.6 Å². The Balaban J connectivity index is 1.44. The fraction of sp³-hybridized carbons (Fsp3) is 0.303. The SMILES string of the molecule is CCOC(=O)c1cccc(-c2ccc(C=Nc3sc4c(c3C(=O)Nc3ccc(Cl)cc3)CC[C@@H](C(C)(C)C)C4)o2)c1. The van der Waals surface area contributed by atoms with Crippen molar-refractivity contribution >= 4 is 51.7 Å². The molecule has 2 aromatic carbocycles. The normalized spacial score (nSPS) is 15.1. The van der Waals surface area contributed by atoms with Crippen LogP contribution in [0.4, 0.5) is 10.7 Å². The predicted molar refractivity (Wildman–Crippen MR) is 166 cm³/mol. The Morgan fingerprint density at radius 1 is 1.15 bits per heavy atom. The van der Waals surface area contributed by atoms with Gasteiger partial charge in [0.2, 0.25) is 0 Å². The zero-order chi connectivity index (χ0) is 29.1. The molecule has 1 aliphatic rings. The minimum atomic E-state index is -0.373. The number of amides is 1. The highest BCUT2D eigenvalue weighted by atomic mass is 35.5. The molecule has 2 aromatic heterocycles. The highest BCUT2D eigenvalue weighted by molar-refractivity contribution is 7.16. The number of furan rings is 1. The molecular formula is C33H33ClN2O4S. The Bertz CT molecular complexity index is 1590. The molecule has 8 heteroatoms. The fourth-order valence-electron chi connectivity index (χ4n) is 5.08. The van der Waals surface area contributed by atoms with Crippen molar-refractivity contribution in [1.82, 2.24) is 0 Å². The molecule has 6 nitrogen and oxygen atoms in total. The maximum atomic E-state index is 13.6. The number of halogens is 1. The third-order valence-corrected chi connectivity index (χ3v) is 8.81. The van der Waals surface area contributed by atoms with E-state index in [4.69, 9.17) is 25.7 Å². The summed E-state index contributed by atoms with van der Waals surface area (Å²) in [6.45, 7) is 8.92. The average Bonchev–Trinajstić information content (AvgIpc) is 3.57. The number of nitrogens with one attached hydrogen (secondary N) is 1. The molecule has 1 aliphatic carbocycles. The predicted octanol–water partition coefficient (Wildman–Crippen LogP) is 8.99. The van der Waals surface area contributed by atoms with Crippen molar-refractivity contribution in [2.24, 2.45) is 16.3 Å². The number of hydrogen-bond acceptors (Lipinski definition) is 6. The number of esters is 1. The molecule has 5 rings (SSSR count). The van der Waals surface area contributed by atoms with E-state index in [2.05, 4.69) is 26.1 Å². The lowest BCUT2D eigenvalue weighted by Gasteiger charge is -2.33. The number of carbonyl (C=O) groups excluding carboxylic acids is 2. The lowest BCUT2D eigenvalue weighted by Crippen LogP contribution is -2.27. The number of aliphatic imine (C=N–C) groups is 1. The largest absolute Gasteiger partial charge is 0.462 e. The zero-order valence-corrected chi connectivity index (χ0v) is 25.2. The maximum absolute atomic E-state index is 13.6. The first-order valence-corrected chi connectivity index (χ1v) is 14.9. The van der Waals surface area contributed by atoms with Gasteiger partial charge in [-0.1, -0.05) is 44.5 Å². The molecular weight excluding hydrogens is 556 g/mol. The Morgan fingerprint density at radius 2 is 1.93 bits per heavy atom. The van der Waals surface area contributed by atoms with E-state index >= 15 is 0 Å². The third-order valence-electron chi connectivity index (χ3n) is 7.39. The molecule has 0 unspecified atom stereocenters. The van der Waals surface area contributed by atoms with E-state index in [-0.39, 0.29) is 17.3 Å². The topological polar surface area (TPSA) is 80.9 Å². The summed E-state index contributed by atoms with van der Waals surface area (Å²) in [6, 6.07) is 17.9. The second-order valence-electron chi connectivity index (χ2n) is 11.2. The number of hydrogen-bond donors (Lipinski definition) is 1.